The molecule has 0 saturated heterocycles. The second-order valence-corrected chi connectivity index (χ2v) is 8.74. The van der Waals surface area contributed by atoms with Crippen molar-refractivity contribution in [1.82, 2.24) is 21.3 Å². The Kier molecular flexibility index (Phi) is 14.7. The number of hydrogen-bond acceptors (Lipinski definition) is 10. The molecule has 0 aromatic heterocycles. The number of hydrogen-bond donors (Lipinski definition) is 10. The van der Waals surface area contributed by atoms with Gasteiger partial charge in [0.2, 0.25) is 29.5 Å². The second-order valence-electron chi connectivity index (χ2n) is 8.74. The zero-order chi connectivity index (χ0) is 30.4. The molecule has 0 radical (unpaired) electrons. The molecule has 18 heteroatoms. The molecular formula is C21H34N6O12. The van der Waals surface area contributed by atoms with E-state index in [0.717, 1.165) is 0 Å². The lowest BCUT2D eigenvalue weighted by Crippen LogP contribution is -2.60. The number of carbonyl (C=O) groups is 8. The van der Waals surface area contributed by atoms with Crippen LogP contribution in [0.3, 0.4) is 0 Å². The van der Waals surface area contributed by atoms with E-state index in [0.29, 0.717) is 0 Å². The molecule has 0 unspecified atom stereocenters. The number of aliphatic hydroxyl groups excluding tert-OH is 1. The van der Waals surface area contributed by atoms with Gasteiger partial charge in [-0.05, 0) is 12.3 Å². The van der Waals surface area contributed by atoms with E-state index in [1.54, 1.807) is 0 Å². The summed E-state index contributed by atoms with van der Waals surface area (Å²) in [5.41, 5.74) is 10.6. The van der Waals surface area contributed by atoms with Gasteiger partial charge in [-0.1, -0.05) is 13.8 Å². The van der Waals surface area contributed by atoms with Gasteiger partial charge in [0.1, 0.15) is 24.2 Å². The predicted molar refractivity (Wildman–Crippen MR) is 128 cm³/mol. The first-order valence-corrected chi connectivity index (χ1v) is 11.5. The number of nitrogens with one attached hydrogen (secondary N) is 4. The molecule has 18 nitrogen and oxygen atoms in total. The summed E-state index contributed by atoms with van der Waals surface area (Å²) in [6.45, 7) is 1.99. The van der Waals surface area contributed by atoms with Gasteiger partial charge in [0.25, 0.3) is 0 Å². The highest BCUT2D eigenvalue weighted by Crippen LogP contribution is 2.06. The van der Waals surface area contributed by atoms with E-state index in [4.69, 9.17) is 31.9 Å². The van der Waals surface area contributed by atoms with Gasteiger partial charge in [0.05, 0.1) is 25.5 Å². The number of nitrogens with two attached hydrogens (primary N) is 2. The van der Waals surface area contributed by atoms with Crippen molar-refractivity contribution in [3.8, 4) is 0 Å². The second kappa shape index (κ2) is 16.5. The van der Waals surface area contributed by atoms with Crippen molar-refractivity contribution in [3.05, 3.63) is 0 Å². The number of primary amides is 1. The molecule has 12 N–H and O–H groups in total. The van der Waals surface area contributed by atoms with E-state index in [9.17, 15) is 38.4 Å². The number of amides is 5. The van der Waals surface area contributed by atoms with Crippen LogP contribution in [0.25, 0.3) is 0 Å². The molecule has 39 heavy (non-hydrogen) atoms. The highest BCUT2D eigenvalue weighted by atomic mass is 16.4. The molecule has 0 aliphatic heterocycles. The van der Waals surface area contributed by atoms with Gasteiger partial charge in [-0.2, -0.15) is 0 Å². The number of carboxylic acids is 3. The number of carboxylic acid groups (broad SMARTS) is 3. The monoisotopic (exact) mass is 562 g/mol. The Bertz CT molecular complexity index is 956. The Morgan fingerprint density at radius 2 is 1.21 bits per heavy atom. The molecule has 0 fully saturated rings. The quantitative estimate of drug-likeness (QED) is 0.0750. The van der Waals surface area contributed by atoms with Crippen LogP contribution >= 0.6 is 0 Å². The van der Waals surface area contributed by atoms with Gasteiger partial charge in [-0.15, -0.1) is 0 Å². The summed E-state index contributed by atoms with van der Waals surface area (Å²) >= 11 is 0. The molecule has 5 atom stereocenters. The van der Waals surface area contributed by atoms with Crippen LogP contribution in [-0.4, -0.2) is 105 Å². The van der Waals surface area contributed by atoms with E-state index < -0.39 is 116 Å². The Balaban J connectivity index is 5.81. The Hall–Kier alpha value is -4.32. The summed E-state index contributed by atoms with van der Waals surface area (Å²) in [5.74, 6) is -10.4. The maximum atomic E-state index is 12.9. The largest absolute Gasteiger partial charge is 0.481 e. The summed E-state index contributed by atoms with van der Waals surface area (Å²) < 4.78 is 0. The molecule has 0 aromatic carbocycles. The van der Waals surface area contributed by atoms with Gasteiger partial charge in [-0.3, -0.25) is 33.6 Å². The third-order valence-electron chi connectivity index (χ3n) is 5.09. The summed E-state index contributed by atoms with van der Waals surface area (Å²) in [7, 11) is 0. The average Bonchev–Trinajstić information content (AvgIpc) is 2.81. The molecule has 0 rings (SSSR count). The van der Waals surface area contributed by atoms with Crippen LogP contribution in [0.1, 0.15) is 39.5 Å². The van der Waals surface area contributed by atoms with Crippen LogP contribution in [-0.2, 0) is 38.4 Å². The summed E-state index contributed by atoms with van der Waals surface area (Å²) in [4.78, 5) is 95.0. The number of aliphatic hydroxyl groups is 1. The maximum Gasteiger partial charge on any atom is 0.328 e. The van der Waals surface area contributed by atoms with Crippen LogP contribution in [0.2, 0.25) is 0 Å². The zero-order valence-corrected chi connectivity index (χ0v) is 21.2. The van der Waals surface area contributed by atoms with Crippen LogP contribution in [0, 0.1) is 5.92 Å². The van der Waals surface area contributed by atoms with Gasteiger partial charge in [0, 0.05) is 6.42 Å². The van der Waals surface area contributed by atoms with Crippen molar-refractivity contribution in [1.29, 1.82) is 0 Å². The lowest BCUT2D eigenvalue weighted by atomic mass is 10.0. The highest BCUT2D eigenvalue weighted by molar-refractivity contribution is 5.97. The summed E-state index contributed by atoms with van der Waals surface area (Å²) in [6.07, 6.45) is -2.71. The molecule has 0 aliphatic carbocycles. The number of carbonyl (C=O) groups excluding carboxylic acids is 5. The molecule has 0 spiro atoms. The maximum absolute atomic E-state index is 12.9. The minimum absolute atomic E-state index is 0.534. The highest BCUT2D eigenvalue weighted by Gasteiger charge is 2.33. The lowest BCUT2D eigenvalue weighted by molar-refractivity contribution is -0.144. The van der Waals surface area contributed by atoms with E-state index >= 15 is 0 Å². The third-order valence-corrected chi connectivity index (χ3v) is 5.09. The van der Waals surface area contributed by atoms with Crippen LogP contribution in [0.5, 0.6) is 0 Å². The van der Waals surface area contributed by atoms with Crippen LogP contribution in [0.4, 0.5) is 0 Å². The van der Waals surface area contributed by atoms with Gasteiger partial charge >= 0.3 is 17.9 Å². The van der Waals surface area contributed by atoms with Crippen LogP contribution in [0.15, 0.2) is 0 Å². The lowest BCUT2D eigenvalue weighted by Gasteiger charge is -2.27. The average molecular weight is 563 g/mol. The number of aliphatic carboxylic acids is 3. The first-order valence-electron chi connectivity index (χ1n) is 11.5. The molecular weight excluding hydrogens is 528 g/mol. The molecule has 0 aliphatic rings. The van der Waals surface area contributed by atoms with Crippen molar-refractivity contribution in [3.63, 3.8) is 0 Å². The standard InChI is InChI=1S/C21H34N6O12/c1-8(2)16(27-17(34)9(22)5-15(32)33)20(37)25-11(6-13(23)29)19(36)24-10(3-4-14(30)31)18(35)26-12(7-28)21(38)39/h8-12,16,28H,3-7,22H2,1-2H3,(H2,23,29)(H,24,36)(H,25,37)(H,26,35)(H,27,34)(H,30,31)(H,32,33)(H,38,39)/t9-,10-,11-,12-,16-/m0/s1. The molecule has 0 aromatic rings. The van der Waals surface area contributed by atoms with Crippen molar-refractivity contribution < 1.29 is 58.8 Å². The van der Waals surface area contributed by atoms with E-state index in [1.165, 1.54) is 13.8 Å². The molecule has 0 saturated carbocycles. The minimum atomic E-state index is -1.77. The zero-order valence-electron chi connectivity index (χ0n) is 21.2. The first-order chi connectivity index (χ1) is 18.0. The summed E-state index contributed by atoms with van der Waals surface area (Å²) in [5, 5.41) is 44.3. The summed E-state index contributed by atoms with van der Waals surface area (Å²) in [6, 6.07) is -8.01. The van der Waals surface area contributed by atoms with E-state index in [1.807, 2.05) is 5.32 Å². The Morgan fingerprint density at radius 1 is 0.692 bits per heavy atom. The fourth-order valence-corrected chi connectivity index (χ4v) is 3.01. The SMILES string of the molecule is CC(C)[C@H](NC(=O)[C@@H](N)CC(=O)O)C(=O)N[C@@H](CC(N)=O)C(=O)N[C@@H](CCC(=O)O)C(=O)N[C@@H](CO)C(=O)O. The van der Waals surface area contributed by atoms with Crippen molar-refractivity contribution >= 4 is 47.4 Å². The smallest absolute Gasteiger partial charge is 0.328 e. The normalized spacial score (nSPS) is 14.6. The molecule has 5 amide bonds. The number of rotatable bonds is 18. The fourth-order valence-electron chi connectivity index (χ4n) is 3.01. The molecule has 220 valence electrons. The van der Waals surface area contributed by atoms with Crippen LogP contribution < -0.4 is 32.7 Å². The third kappa shape index (κ3) is 13.2. The van der Waals surface area contributed by atoms with Crippen molar-refractivity contribution in [2.75, 3.05) is 6.61 Å². The molecule has 0 bridgehead atoms. The van der Waals surface area contributed by atoms with Gasteiger partial charge in [-0.25, -0.2) is 4.79 Å². The van der Waals surface area contributed by atoms with Gasteiger partial charge in [0.15, 0.2) is 0 Å². The molecule has 0 heterocycles. The van der Waals surface area contributed by atoms with Crippen molar-refractivity contribution in [2.45, 2.75) is 69.7 Å². The van der Waals surface area contributed by atoms with Crippen molar-refractivity contribution in [2.24, 2.45) is 17.4 Å². The Labute approximate surface area is 221 Å². The minimum Gasteiger partial charge on any atom is -0.481 e. The fraction of sp³-hybridized carbons (Fsp3) is 0.619. The predicted octanol–water partition coefficient (Wildman–Crippen LogP) is -4.80. The van der Waals surface area contributed by atoms with Gasteiger partial charge < -0.3 is 53.2 Å². The van der Waals surface area contributed by atoms with E-state index in [-0.39, 0.29) is 0 Å². The topological polar surface area (TPSA) is 318 Å². The first kappa shape index (κ1) is 34.7. The Morgan fingerprint density at radius 3 is 1.64 bits per heavy atom. The van der Waals surface area contributed by atoms with E-state index in [2.05, 4.69) is 16.0 Å².